The lowest BCUT2D eigenvalue weighted by Crippen LogP contribution is -2.11. The number of aryl methyl sites for hydroxylation is 2. The summed E-state index contributed by atoms with van der Waals surface area (Å²) in [5, 5.41) is 0. The number of halogens is 1. The monoisotopic (exact) mass is 254 g/mol. The Labute approximate surface area is 95.9 Å². The standard InChI is InChI=1S/C13H19Br/c1-9(2)13(14)8-12-6-5-10(3)7-11(12)4/h5-7,9,13H,8H2,1-4H3. The second-order valence-corrected chi connectivity index (χ2v) is 5.57. The van der Waals surface area contributed by atoms with Crippen molar-refractivity contribution in [2.75, 3.05) is 0 Å². The van der Waals surface area contributed by atoms with Gasteiger partial charge in [-0.05, 0) is 37.3 Å². The van der Waals surface area contributed by atoms with Gasteiger partial charge in [-0.15, -0.1) is 0 Å². The molecule has 1 unspecified atom stereocenters. The Morgan fingerprint density at radius 3 is 2.36 bits per heavy atom. The van der Waals surface area contributed by atoms with Crippen molar-refractivity contribution in [1.29, 1.82) is 0 Å². The van der Waals surface area contributed by atoms with Crippen LogP contribution in [0.1, 0.15) is 30.5 Å². The third kappa shape index (κ3) is 3.13. The first-order chi connectivity index (χ1) is 6.50. The fourth-order valence-electron chi connectivity index (χ4n) is 1.52. The maximum absolute atomic E-state index is 3.73. The molecule has 0 aliphatic rings. The first-order valence-corrected chi connectivity index (χ1v) is 6.12. The third-order valence-electron chi connectivity index (χ3n) is 2.64. The van der Waals surface area contributed by atoms with Crippen LogP contribution in [0.25, 0.3) is 0 Å². The number of benzene rings is 1. The highest BCUT2D eigenvalue weighted by Gasteiger charge is 2.10. The molecule has 1 heteroatoms. The van der Waals surface area contributed by atoms with Gasteiger partial charge in [0.05, 0.1) is 0 Å². The molecule has 0 N–H and O–H groups in total. The smallest absolute Gasteiger partial charge is 0.0209 e. The molecule has 1 aromatic carbocycles. The average Bonchev–Trinajstić information content (AvgIpc) is 2.09. The summed E-state index contributed by atoms with van der Waals surface area (Å²) in [5.74, 6) is 0.690. The molecule has 0 nitrogen and oxygen atoms in total. The van der Waals surface area contributed by atoms with Crippen LogP contribution in [-0.4, -0.2) is 4.83 Å². The van der Waals surface area contributed by atoms with Gasteiger partial charge in [-0.1, -0.05) is 53.5 Å². The van der Waals surface area contributed by atoms with Gasteiger partial charge < -0.3 is 0 Å². The van der Waals surface area contributed by atoms with Crippen LogP contribution in [0, 0.1) is 19.8 Å². The van der Waals surface area contributed by atoms with Crippen LogP contribution in [0.2, 0.25) is 0 Å². The summed E-state index contributed by atoms with van der Waals surface area (Å²) in [4.78, 5) is 0.587. The normalized spacial score (nSPS) is 13.3. The molecule has 0 heterocycles. The fraction of sp³-hybridized carbons (Fsp3) is 0.538. The van der Waals surface area contributed by atoms with Crippen LogP contribution in [0.15, 0.2) is 18.2 Å². The number of hydrogen-bond donors (Lipinski definition) is 0. The molecule has 0 saturated heterocycles. The van der Waals surface area contributed by atoms with Crippen molar-refractivity contribution >= 4 is 15.9 Å². The maximum atomic E-state index is 3.73. The van der Waals surface area contributed by atoms with E-state index >= 15 is 0 Å². The Morgan fingerprint density at radius 1 is 1.21 bits per heavy atom. The molecule has 0 spiro atoms. The Hall–Kier alpha value is -0.300. The molecule has 1 aromatic rings. The summed E-state index contributed by atoms with van der Waals surface area (Å²) >= 11 is 3.73. The van der Waals surface area contributed by atoms with E-state index in [9.17, 15) is 0 Å². The van der Waals surface area contributed by atoms with Gasteiger partial charge in [0.1, 0.15) is 0 Å². The van der Waals surface area contributed by atoms with E-state index in [0.717, 1.165) is 6.42 Å². The summed E-state index contributed by atoms with van der Waals surface area (Å²) in [6, 6.07) is 6.71. The Bertz CT molecular complexity index is 302. The van der Waals surface area contributed by atoms with Gasteiger partial charge in [-0.2, -0.15) is 0 Å². The van der Waals surface area contributed by atoms with Gasteiger partial charge in [-0.25, -0.2) is 0 Å². The van der Waals surface area contributed by atoms with Crippen LogP contribution in [0.5, 0.6) is 0 Å². The zero-order chi connectivity index (χ0) is 10.7. The lowest BCUT2D eigenvalue weighted by molar-refractivity contribution is 0.612. The number of rotatable bonds is 3. The zero-order valence-corrected chi connectivity index (χ0v) is 11.1. The molecular weight excluding hydrogens is 236 g/mol. The summed E-state index contributed by atoms with van der Waals surface area (Å²) in [5.41, 5.74) is 4.23. The first-order valence-electron chi connectivity index (χ1n) is 5.21. The molecule has 0 aliphatic carbocycles. The fourth-order valence-corrected chi connectivity index (χ4v) is 1.87. The second kappa shape index (κ2) is 4.97. The number of alkyl halides is 1. The van der Waals surface area contributed by atoms with Crippen molar-refractivity contribution in [3.8, 4) is 0 Å². The predicted octanol–water partition coefficient (Wildman–Crippen LogP) is 4.27. The van der Waals surface area contributed by atoms with Gasteiger partial charge in [-0.3, -0.25) is 0 Å². The Balaban J connectivity index is 2.77. The van der Waals surface area contributed by atoms with Crippen molar-refractivity contribution in [3.05, 3.63) is 34.9 Å². The highest BCUT2D eigenvalue weighted by Crippen LogP contribution is 2.20. The molecule has 0 bridgehead atoms. The molecule has 0 fully saturated rings. The van der Waals surface area contributed by atoms with Gasteiger partial charge in [0.15, 0.2) is 0 Å². The second-order valence-electron chi connectivity index (χ2n) is 4.39. The summed E-state index contributed by atoms with van der Waals surface area (Å²) < 4.78 is 0. The minimum atomic E-state index is 0.587. The van der Waals surface area contributed by atoms with E-state index in [-0.39, 0.29) is 0 Å². The molecule has 0 saturated carbocycles. The molecular formula is C13H19Br. The van der Waals surface area contributed by atoms with Crippen molar-refractivity contribution in [3.63, 3.8) is 0 Å². The summed E-state index contributed by atoms with van der Waals surface area (Å²) in [7, 11) is 0. The van der Waals surface area contributed by atoms with E-state index in [2.05, 4.69) is 61.8 Å². The van der Waals surface area contributed by atoms with Crippen LogP contribution in [-0.2, 0) is 6.42 Å². The van der Waals surface area contributed by atoms with Crippen molar-refractivity contribution in [1.82, 2.24) is 0 Å². The van der Waals surface area contributed by atoms with E-state index in [1.54, 1.807) is 0 Å². The molecule has 0 radical (unpaired) electrons. The zero-order valence-electron chi connectivity index (χ0n) is 9.47. The molecule has 0 aromatic heterocycles. The predicted molar refractivity (Wildman–Crippen MR) is 67.2 cm³/mol. The Kier molecular flexibility index (Phi) is 4.18. The molecule has 1 rings (SSSR count). The highest BCUT2D eigenvalue weighted by atomic mass is 79.9. The van der Waals surface area contributed by atoms with Gasteiger partial charge in [0.25, 0.3) is 0 Å². The van der Waals surface area contributed by atoms with E-state index in [1.165, 1.54) is 16.7 Å². The van der Waals surface area contributed by atoms with Crippen LogP contribution >= 0.6 is 15.9 Å². The lowest BCUT2D eigenvalue weighted by atomic mass is 9.98. The van der Waals surface area contributed by atoms with Gasteiger partial charge >= 0.3 is 0 Å². The quantitative estimate of drug-likeness (QED) is 0.708. The minimum Gasteiger partial charge on any atom is -0.0884 e. The van der Waals surface area contributed by atoms with Gasteiger partial charge in [0, 0.05) is 4.83 Å². The van der Waals surface area contributed by atoms with E-state index in [1.807, 2.05) is 0 Å². The molecule has 14 heavy (non-hydrogen) atoms. The van der Waals surface area contributed by atoms with Gasteiger partial charge in [0.2, 0.25) is 0 Å². The van der Waals surface area contributed by atoms with Crippen LogP contribution in [0.4, 0.5) is 0 Å². The first kappa shape index (κ1) is 11.8. The average molecular weight is 255 g/mol. The van der Waals surface area contributed by atoms with Crippen molar-refractivity contribution in [2.45, 2.75) is 38.9 Å². The molecule has 1 atom stereocenters. The van der Waals surface area contributed by atoms with Crippen LogP contribution < -0.4 is 0 Å². The highest BCUT2D eigenvalue weighted by molar-refractivity contribution is 9.09. The summed E-state index contributed by atoms with van der Waals surface area (Å²) in [6.45, 7) is 8.85. The molecule has 0 aliphatic heterocycles. The molecule has 0 amide bonds. The third-order valence-corrected chi connectivity index (χ3v) is 4.02. The summed E-state index contributed by atoms with van der Waals surface area (Å²) in [6.07, 6.45) is 1.13. The van der Waals surface area contributed by atoms with E-state index in [4.69, 9.17) is 0 Å². The SMILES string of the molecule is Cc1ccc(CC(Br)C(C)C)c(C)c1. The number of hydrogen-bond acceptors (Lipinski definition) is 0. The molecule has 78 valence electrons. The van der Waals surface area contributed by atoms with Crippen LogP contribution in [0.3, 0.4) is 0 Å². The minimum absolute atomic E-state index is 0.587. The van der Waals surface area contributed by atoms with Crippen molar-refractivity contribution in [2.24, 2.45) is 5.92 Å². The van der Waals surface area contributed by atoms with E-state index in [0.29, 0.717) is 10.7 Å². The largest absolute Gasteiger partial charge is 0.0884 e. The lowest BCUT2D eigenvalue weighted by Gasteiger charge is -2.15. The Morgan fingerprint density at radius 2 is 1.86 bits per heavy atom. The topological polar surface area (TPSA) is 0 Å². The van der Waals surface area contributed by atoms with E-state index < -0.39 is 0 Å². The maximum Gasteiger partial charge on any atom is 0.0209 e. The van der Waals surface area contributed by atoms with Crippen molar-refractivity contribution < 1.29 is 0 Å².